The number of carbonyl (C=O) groups excluding carboxylic acids is 1. The maximum atomic E-state index is 12.3. The maximum absolute atomic E-state index is 12.3. The van der Waals surface area contributed by atoms with E-state index in [9.17, 15) is 18.7 Å². The molecule has 0 amide bonds. The Hall–Kier alpha value is -1.92. The van der Waals surface area contributed by atoms with Crippen LogP contribution < -0.4 is 5.73 Å². The third-order valence-corrected chi connectivity index (χ3v) is 1.64. The first-order valence-electron chi connectivity index (χ1n) is 3.83. The monoisotopic (exact) mass is 218 g/mol. The number of nitrogens with zero attached hydrogens (tertiary/aromatic N) is 1. The second-order valence-corrected chi connectivity index (χ2v) is 2.63. The molecule has 0 aliphatic rings. The first-order chi connectivity index (χ1) is 6.97. The van der Waals surface area contributed by atoms with Gasteiger partial charge in [0.15, 0.2) is 11.4 Å². The number of ether oxygens (including phenoxy) is 1. The van der Waals surface area contributed by atoms with Gasteiger partial charge >= 0.3 is 5.97 Å². The number of nitrogens with two attached hydrogens (primary N) is 1. The summed E-state index contributed by atoms with van der Waals surface area (Å²) in [6, 6.07) is 0.798. The number of pyridine rings is 1. The fourth-order valence-electron chi connectivity index (χ4n) is 0.930. The minimum Gasteiger partial charge on any atom is -0.504 e. The summed E-state index contributed by atoms with van der Waals surface area (Å²) in [4.78, 5) is 14.3. The molecule has 1 heterocycles. The molecule has 0 aliphatic heterocycles. The molecule has 7 heteroatoms. The minimum absolute atomic E-state index is 0.347. The summed E-state index contributed by atoms with van der Waals surface area (Å²) >= 11 is 0. The molecule has 0 atom stereocenters. The van der Waals surface area contributed by atoms with E-state index in [2.05, 4.69) is 9.72 Å². The molecule has 5 nitrogen and oxygen atoms in total. The van der Waals surface area contributed by atoms with Crippen LogP contribution in [0.25, 0.3) is 0 Å². The molecule has 15 heavy (non-hydrogen) atoms. The molecule has 0 unspecified atom stereocenters. The largest absolute Gasteiger partial charge is 0.504 e. The summed E-state index contributed by atoms with van der Waals surface area (Å²) in [6.45, 7) is 0. The van der Waals surface area contributed by atoms with E-state index in [4.69, 9.17) is 5.73 Å². The predicted molar refractivity (Wildman–Crippen MR) is 46.6 cm³/mol. The van der Waals surface area contributed by atoms with Gasteiger partial charge < -0.3 is 15.6 Å². The molecule has 0 saturated carbocycles. The van der Waals surface area contributed by atoms with E-state index in [1.54, 1.807) is 0 Å². The van der Waals surface area contributed by atoms with Crippen molar-refractivity contribution >= 4 is 11.7 Å². The van der Waals surface area contributed by atoms with Crippen LogP contribution in [0.15, 0.2) is 6.07 Å². The van der Waals surface area contributed by atoms with Crippen LogP contribution >= 0.6 is 0 Å². The molecule has 1 rings (SSSR count). The first kappa shape index (κ1) is 11.2. The van der Waals surface area contributed by atoms with E-state index >= 15 is 0 Å². The minimum atomic E-state index is -2.88. The number of alkyl halides is 2. The van der Waals surface area contributed by atoms with Gasteiger partial charge in [0.1, 0.15) is 5.69 Å². The predicted octanol–water partition coefficient (Wildman–Crippen LogP) is 1.09. The van der Waals surface area contributed by atoms with E-state index in [-0.39, 0.29) is 5.69 Å². The number of aromatic nitrogens is 1. The van der Waals surface area contributed by atoms with Crippen LogP contribution in [0.4, 0.5) is 14.5 Å². The van der Waals surface area contributed by atoms with Gasteiger partial charge in [0.2, 0.25) is 0 Å². The molecule has 0 radical (unpaired) electrons. The number of esters is 1. The van der Waals surface area contributed by atoms with Gasteiger partial charge in [-0.1, -0.05) is 0 Å². The number of carbonyl (C=O) groups is 1. The van der Waals surface area contributed by atoms with E-state index in [0.29, 0.717) is 0 Å². The SMILES string of the molecule is COC(=O)c1nc(C(F)F)cc(N)c1O. The van der Waals surface area contributed by atoms with Crippen molar-refractivity contribution in [2.24, 2.45) is 0 Å². The maximum Gasteiger partial charge on any atom is 0.360 e. The molecule has 0 aromatic carbocycles. The van der Waals surface area contributed by atoms with E-state index in [1.807, 2.05) is 0 Å². The molecule has 1 aromatic rings. The van der Waals surface area contributed by atoms with Crippen LogP contribution in [0.5, 0.6) is 5.75 Å². The molecular formula is C8H8F2N2O3. The van der Waals surface area contributed by atoms with Crippen molar-refractivity contribution < 1.29 is 23.4 Å². The molecule has 0 fully saturated rings. The topological polar surface area (TPSA) is 85.4 Å². The van der Waals surface area contributed by atoms with E-state index in [1.165, 1.54) is 0 Å². The first-order valence-corrected chi connectivity index (χ1v) is 3.83. The van der Waals surface area contributed by atoms with Crippen LogP contribution in [-0.2, 0) is 4.74 Å². The normalized spacial score (nSPS) is 10.4. The highest BCUT2D eigenvalue weighted by Gasteiger charge is 2.20. The van der Waals surface area contributed by atoms with Crippen molar-refractivity contribution in [3.8, 4) is 5.75 Å². The highest BCUT2D eigenvalue weighted by Crippen LogP contribution is 2.28. The average molecular weight is 218 g/mol. The fourth-order valence-corrected chi connectivity index (χ4v) is 0.930. The molecule has 0 bridgehead atoms. The fraction of sp³-hybridized carbons (Fsp3) is 0.250. The summed E-state index contributed by atoms with van der Waals surface area (Å²) < 4.78 is 28.8. The number of methoxy groups -OCH3 is 1. The summed E-state index contributed by atoms with van der Waals surface area (Å²) in [5.41, 5.74) is 3.57. The standard InChI is InChI=1S/C8H8F2N2O3/c1-15-8(14)5-6(13)3(11)2-4(12-5)7(9)10/h2,7,13H,1H3,(H2,11,12). The summed E-state index contributed by atoms with van der Waals surface area (Å²) in [7, 11) is 1.04. The van der Waals surface area contributed by atoms with Crippen LogP contribution in [0.2, 0.25) is 0 Å². The number of anilines is 1. The van der Waals surface area contributed by atoms with Crippen molar-refractivity contribution in [3.63, 3.8) is 0 Å². The van der Waals surface area contributed by atoms with Gasteiger partial charge in [0, 0.05) is 0 Å². The lowest BCUT2D eigenvalue weighted by molar-refractivity contribution is 0.0588. The highest BCUT2D eigenvalue weighted by atomic mass is 19.3. The lowest BCUT2D eigenvalue weighted by Gasteiger charge is -2.07. The van der Waals surface area contributed by atoms with Crippen LogP contribution in [0, 0.1) is 0 Å². The molecular weight excluding hydrogens is 210 g/mol. The quantitative estimate of drug-likeness (QED) is 0.726. The van der Waals surface area contributed by atoms with Gasteiger partial charge in [0.05, 0.1) is 12.8 Å². The second-order valence-electron chi connectivity index (χ2n) is 2.63. The average Bonchev–Trinajstić information content (AvgIpc) is 2.20. The zero-order valence-electron chi connectivity index (χ0n) is 7.70. The van der Waals surface area contributed by atoms with Crippen molar-refractivity contribution in [1.82, 2.24) is 4.98 Å². The summed E-state index contributed by atoms with van der Waals surface area (Å²) in [5, 5.41) is 9.27. The van der Waals surface area contributed by atoms with Crippen LogP contribution in [0.1, 0.15) is 22.6 Å². The Kier molecular flexibility index (Phi) is 3.03. The van der Waals surface area contributed by atoms with Crippen molar-refractivity contribution in [3.05, 3.63) is 17.5 Å². The zero-order valence-corrected chi connectivity index (χ0v) is 7.70. The molecule has 0 spiro atoms. The number of nitrogen functional groups attached to an aromatic ring is 1. The van der Waals surface area contributed by atoms with Gasteiger partial charge in [-0.15, -0.1) is 0 Å². The van der Waals surface area contributed by atoms with Crippen LogP contribution in [-0.4, -0.2) is 23.2 Å². The third kappa shape index (κ3) is 2.12. The van der Waals surface area contributed by atoms with E-state index < -0.39 is 29.5 Å². The van der Waals surface area contributed by atoms with Gasteiger partial charge in [-0.05, 0) is 6.07 Å². The molecule has 82 valence electrons. The Morgan fingerprint density at radius 2 is 2.27 bits per heavy atom. The molecule has 0 aliphatic carbocycles. The number of hydrogen-bond donors (Lipinski definition) is 2. The van der Waals surface area contributed by atoms with Gasteiger partial charge in [-0.3, -0.25) is 0 Å². The number of rotatable bonds is 2. The summed E-state index contributed by atoms with van der Waals surface area (Å²) in [6.07, 6.45) is -2.88. The van der Waals surface area contributed by atoms with Gasteiger partial charge in [0.25, 0.3) is 6.43 Å². The Morgan fingerprint density at radius 1 is 1.67 bits per heavy atom. The van der Waals surface area contributed by atoms with Crippen molar-refractivity contribution in [2.45, 2.75) is 6.43 Å². The molecule has 0 saturated heterocycles. The Balaban J connectivity index is 3.31. The summed E-state index contributed by atoms with van der Waals surface area (Å²) in [5.74, 6) is -1.69. The highest BCUT2D eigenvalue weighted by molar-refractivity contribution is 5.92. The lowest BCUT2D eigenvalue weighted by Crippen LogP contribution is -2.08. The molecule has 1 aromatic heterocycles. The number of hydrogen-bond acceptors (Lipinski definition) is 5. The smallest absolute Gasteiger partial charge is 0.360 e. The second kappa shape index (κ2) is 4.07. The van der Waals surface area contributed by atoms with E-state index in [0.717, 1.165) is 13.2 Å². The van der Waals surface area contributed by atoms with Crippen LogP contribution in [0.3, 0.4) is 0 Å². The third-order valence-electron chi connectivity index (χ3n) is 1.64. The lowest BCUT2D eigenvalue weighted by atomic mass is 10.2. The molecule has 3 N–H and O–H groups in total. The Labute approximate surface area is 83.5 Å². The van der Waals surface area contributed by atoms with Crippen molar-refractivity contribution in [2.75, 3.05) is 12.8 Å². The zero-order chi connectivity index (χ0) is 11.6. The van der Waals surface area contributed by atoms with Gasteiger partial charge in [-0.25, -0.2) is 18.6 Å². The van der Waals surface area contributed by atoms with Gasteiger partial charge in [-0.2, -0.15) is 0 Å². The number of aromatic hydroxyl groups is 1. The van der Waals surface area contributed by atoms with Crippen molar-refractivity contribution in [1.29, 1.82) is 0 Å². The Morgan fingerprint density at radius 3 is 2.73 bits per heavy atom. The Bertz CT molecular complexity index is 396. The number of halogens is 2.